The fourth-order valence-corrected chi connectivity index (χ4v) is 3.91. The van der Waals surface area contributed by atoms with Crippen molar-refractivity contribution >= 4 is 23.2 Å². The van der Waals surface area contributed by atoms with Crippen LogP contribution in [0.5, 0.6) is 0 Å². The minimum absolute atomic E-state index is 0.281. The van der Waals surface area contributed by atoms with E-state index in [1.54, 1.807) is 0 Å². The maximum Gasteiger partial charge on any atom is 0.254 e. The van der Waals surface area contributed by atoms with Crippen molar-refractivity contribution in [2.75, 3.05) is 43.4 Å². The van der Waals surface area contributed by atoms with Gasteiger partial charge in [0, 0.05) is 32.7 Å². The molecule has 2 aliphatic rings. The number of aliphatic hydroxyl groups excluding tert-OH is 2. The smallest absolute Gasteiger partial charge is 0.254 e. The lowest BCUT2D eigenvalue weighted by Crippen LogP contribution is -2.51. The topological polar surface area (TPSA) is 119 Å². The number of piperidine rings is 1. The lowest BCUT2D eigenvalue weighted by molar-refractivity contribution is -0.152. The van der Waals surface area contributed by atoms with E-state index in [-0.39, 0.29) is 5.92 Å². The third-order valence-corrected chi connectivity index (χ3v) is 5.70. The van der Waals surface area contributed by atoms with Gasteiger partial charge in [0.25, 0.3) is 11.8 Å². The van der Waals surface area contributed by atoms with Crippen LogP contribution in [-0.4, -0.2) is 71.9 Å². The molecule has 3 rings (SSSR count). The van der Waals surface area contributed by atoms with Gasteiger partial charge in [-0.1, -0.05) is 12.1 Å². The molecule has 5 N–H and O–H groups in total. The van der Waals surface area contributed by atoms with Crippen LogP contribution >= 0.6 is 0 Å². The number of carbonyl (C=O) groups is 2. The number of nitrogens with one attached hydrogen (secondary N) is 1. The maximum absolute atomic E-state index is 12.2. The van der Waals surface area contributed by atoms with Crippen LogP contribution in [0.3, 0.4) is 0 Å². The Hall–Kier alpha value is -2.32. The summed E-state index contributed by atoms with van der Waals surface area (Å²) in [5, 5.41) is 22.7. The molecule has 28 heavy (non-hydrogen) atoms. The number of amides is 2. The molecule has 0 aliphatic carbocycles. The maximum atomic E-state index is 12.2. The molecule has 0 bridgehead atoms. The van der Waals surface area contributed by atoms with E-state index in [1.807, 2.05) is 24.3 Å². The van der Waals surface area contributed by atoms with Crippen LogP contribution in [0.2, 0.25) is 0 Å². The molecule has 2 atom stereocenters. The first-order chi connectivity index (χ1) is 13.5. The molecule has 0 radical (unpaired) electrons. The van der Waals surface area contributed by atoms with E-state index < -0.39 is 24.0 Å². The summed E-state index contributed by atoms with van der Waals surface area (Å²) in [7, 11) is 0. The number of nitrogens with zero attached hydrogens (tertiary/aromatic N) is 2. The number of likely N-dealkylation sites (tertiary alicyclic amines) is 1. The molecule has 2 aliphatic heterocycles. The summed E-state index contributed by atoms with van der Waals surface area (Å²) in [5.74, 6) is -0.993. The standard InChI is InChI=1S/C20H30N4O4/c21-15-5-1-2-6-16(15)23-11-7-14(8-12-23)13-22-19(27)17(25)18(26)20(28)24-9-3-4-10-24/h1-2,5-6,14,17-18,25-26H,3-4,7-13,21H2,(H,22,27)/t17-,18-/m1/s1. The highest BCUT2D eigenvalue weighted by atomic mass is 16.3. The van der Waals surface area contributed by atoms with E-state index in [2.05, 4.69) is 10.2 Å². The number of benzene rings is 1. The van der Waals surface area contributed by atoms with Gasteiger partial charge in [-0.25, -0.2) is 0 Å². The lowest BCUT2D eigenvalue weighted by Gasteiger charge is -2.34. The highest BCUT2D eigenvalue weighted by molar-refractivity contribution is 5.90. The Morgan fingerprint density at radius 1 is 1.07 bits per heavy atom. The van der Waals surface area contributed by atoms with Gasteiger partial charge in [0.05, 0.1) is 11.4 Å². The number of hydrogen-bond acceptors (Lipinski definition) is 6. The highest BCUT2D eigenvalue weighted by Gasteiger charge is 2.34. The molecule has 0 saturated carbocycles. The third-order valence-electron chi connectivity index (χ3n) is 5.70. The molecule has 2 fully saturated rings. The molecule has 0 unspecified atom stereocenters. The summed E-state index contributed by atoms with van der Waals surface area (Å²) < 4.78 is 0. The number of aliphatic hydroxyl groups is 2. The molecule has 0 aromatic heterocycles. The summed E-state index contributed by atoms with van der Waals surface area (Å²) in [5.41, 5.74) is 7.82. The third kappa shape index (κ3) is 4.74. The van der Waals surface area contributed by atoms with Gasteiger partial charge in [0.15, 0.2) is 12.2 Å². The first kappa shape index (κ1) is 20.4. The number of nitrogens with two attached hydrogens (primary N) is 1. The number of para-hydroxylation sites is 2. The normalized spacial score (nSPS) is 20.1. The fourth-order valence-electron chi connectivity index (χ4n) is 3.91. The Labute approximate surface area is 165 Å². The second kappa shape index (κ2) is 9.25. The molecular weight excluding hydrogens is 360 g/mol. The largest absolute Gasteiger partial charge is 0.397 e. The van der Waals surface area contributed by atoms with Crippen molar-refractivity contribution in [3.8, 4) is 0 Å². The van der Waals surface area contributed by atoms with Crippen LogP contribution in [0.4, 0.5) is 11.4 Å². The van der Waals surface area contributed by atoms with Crippen LogP contribution in [0.15, 0.2) is 24.3 Å². The van der Waals surface area contributed by atoms with E-state index in [0.29, 0.717) is 19.6 Å². The molecular formula is C20H30N4O4. The second-order valence-electron chi connectivity index (χ2n) is 7.66. The molecule has 0 spiro atoms. The zero-order valence-corrected chi connectivity index (χ0v) is 16.1. The molecule has 2 amide bonds. The van der Waals surface area contributed by atoms with E-state index in [0.717, 1.165) is 50.1 Å². The SMILES string of the molecule is Nc1ccccc1N1CCC(CNC(=O)[C@H](O)[C@@H](O)C(=O)N2CCCC2)CC1. The Kier molecular flexibility index (Phi) is 6.74. The van der Waals surface area contributed by atoms with Crippen molar-refractivity contribution in [3.63, 3.8) is 0 Å². The number of nitrogen functional groups attached to an aromatic ring is 1. The van der Waals surface area contributed by atoms with Crippen LogP contribution in [0.1, 0.15) is 25.7 Å². The van der Waals surface area contributed by atoms with Gasteiger partial charge in [0.1, 0.15) is 0 Å². The van der Waals surface area contributed by atoms with Gasteiger partial charge in [-0.3, -0.25) is 9.59 Å². The number of carbonyl (C=O) groups excluding carboxylic acids is 2. The average Bonchev–Trinajstić information content (AvgIpc) is 3.26. The molecule has 1 aromatic rings. The molecule has 2 heterocycles. The first-order valence-electron chi connectivity index (χ1n) is 9.99. The minimum Gasteiger partial charge on any atom is -0.397 e. The van der Waals surface area contributed by atoms with Gasteiger partial charge < -0.3 is 31.1 Å². The fraction of sp³-hybridized carbons (Fsp3) is 0.600. The van der Waals surface area contributed by atoms with Gasteiger partial charge in [-0.05, 0) is 43.7 Å². The second-order valence-corrected chi connectivity index (χ2v) is 7.66. The van der Waals surface area contributed by atoms with Crippen molar-refractivity contribution in [2.45, 2.75) is 37.9 Å². The zero-order valence-electron chi connectivity index (χ0n) is 16.1. The predicted octanol–water partition coefficient (Wildman–Crippen LogP) is -0.0544. The van der Waals surface area contributed by atoms with Crippen LogP contribution in [0.25, 0.3) is 0 Å². The monoisotopic (exact) mass is 390 g/mol. The Morgan fingerprint density at radius 3 is 2.36 bits per heavy atom. The summed E-state index contributed by atoms with van der Waals surface area (Å²) in [4.78, 5) is 28.0. The van der Waals surface area contributed by atoms with Crippen LogP contribution < -0.4 is 16.0 Å². The summed E-state index contributed by atoms with van der Waals surface area (Å²) in [6, 6.07) is 7.77. The highest BCUT2D eigenvalue weighted by Crippen LogP contribution is 2.27. The van der Waals surface area contributed by atoms with Crippen molar-refractivity contribution in [1.82, 2.24) is 10.2 Å². The Balaban J connectivity index is 1.42. The number of hydrogen-bond donors (Lipinski definition) is 4. The zero-order chi connectivity index (χ0) is 20.1. The average molecular weight is 390 g/mol. The van der Waals surface area contributed by atoms with Crippen molar-refractivity contribution < 1.29 is 19.8 Å². The summed E-state index contributed by atoms with van der Waals surface area (Å²) in [6.45, 7) is 3.23. The van der Waals surface area contributed by atoms with E-state index >= 15 is 0 Å². The van der Waals surface area contributed by atoms with Crippen LogP contribution in [-0.2, 0) is 9.59 Å². The molecule has 154 valence electrons. The Morgan fingerprint density at radius 2 is 1.71 bits per heavy atom. The molecule has 1 aromatic carbocycles. The van der Waals surface area contributed by atoms with Crippen molar-refractivity contribution in [1.29, 1.82) is 0 Å². The minimum atomic E-state index is -1.74. The summed E-state index contributed by atoms with van der Waals surface area (Å²) in [6.07, 6.45) is 0.0977. The summed E-state index contributed by atoms with van der Waals surface area (Å²) >= 11 is 0. The van der Waals surface area contributed by atoms with E-state index in [1.165, 1.54) is 4.90 Å². The van der Waals surface area contributed by atoms with E-state index in [9.17, 15) is 19.8 Å². The predicted molar refractivity (Wildman–Crippen MR) is 107 cm³/mol. The molecule has 8 nitrogen and oxygen atoms in total. The van der Waals surface area contributed by atoms with Crippen molar-refractivity contribution in [3.05, 3.63) is 24.3 Å². The van der Waals surface area contributed by atoms with Gasteiger partial charge in [-0.15, -0.1) is 0 Å². The van der Waals surface area contributed by atoms with E-state index in [4.69, 9.17) is 5.73 Å². The van der Waals surface area contributed by atoms with Gasteiger partial charge >= 0.3 is 0 Å². The number of anilines is 2. The lowest BCUT2D eigenvalue weighted by atomic mass is 9.96. The van der Waals surface area contributed by atoms with Gasteiger partial charge in [-0.2, -0.15) is 0 Å². The Bertz CT molecular complexity index is 685. The number of rotatable bonds is 6. The van der Waals surface area contributed by atoms with Crippen LogP contribution in [0, 0.1) is 5.92 Å². The van der Waals surface area contributed by atoms with Crippen molar-refractivity contribution in [2.24, 2.45) is 5.92 Å². The molecule has 2 saturated heterocycles. The molecule has 8 heteroatoms. The quantitative estimate of drug-likeness (QED) is 0.506. The van der Waals surface area contributed by atoms with Gasteiger partial charge in [0.2, 0.25) is 0 Å². The first-order valence-corrected chi connectivity index (χ1v) is 9.99.